The molecule has 0 bridgehead atoms. The van der Waals surface area contributed by atoms with Crippen LogP contribution >= 0.6 is 0 Å². The predicted molar refractivity (Wildman–Crippen MR) is 85.2 cm³/mol. The van der Waals surface area contributed by atoms with E-state index < -0.39 is 0 Å². The summed E-state index contributed by atoms with van der Waals surface area (Å²) in [6.45, 7) is 4.53. The summed E-state index contributed by atoms with van der Waals surface area (Å²) in [6.07, 6.45) is 0. The van der Waals surface area contributed by atoms with E-state index in [4.69, 9.17) is 15.2 Å². The van der Waals surface area contributed by atoms with E-state index in [1.807, 2.05) is 42.5 Å². The minimum absolute atomic E-state index is 0.0173. The molecule has 4 nitrogen and oxygen atoms in total. The van der Waals surface area contributed by atoms with Crippen molar-refractivity contribution >= 4 is 5.71 Å². The first-order valence-electron chi connectivity index (χ1n) is 7.09. The SMILES string of the molecule is CC(C)c1ccccc1OCc1ccccc1C(C#N)=NO. The average molecular weight is 294 g/mol. The van der Waals surface area contributed by atoms with E-state index in [1.165, 1.54) is 0 Å². The van der Waals surface area contributed by atoms with Gasteiger partial charge in [-0.3, -0.25) is 0 Å². The molecular weight excluding hydrogens is 276 g/mol. The van der Waals surface area contributed by atoms with Crippen molar-refractivity contribution in [1.82, 2.24) is 0 Å². The maximum absolute atomic E-state index is 9.02. The van der Waals surface area contributed by atoms with Gasteiger partial charge in [0.25, 0.3) is 0 Å². The summed E-state index contributed by atoms with van der Waals surface area (Å²) in [5.41, 5.74) is 2.50. The summed E-state index contributed by atoms with van der Waals surface area (Å²) in [6, 6.07) is 17.0. The number of benzene rings is 2. The lowest BCUT2D eigenvalue weighted by atomic mass is 10.0. The van der Waals surface area contributed by atoms with Gasteiger partial charge in [0.15, 0.2) is 5.71 Å². The van der Waals surface area contributed by atoms with E-state index in [9.17, 15) is 0 Å². The zero-order valence-electron chi connectivity index (χ0n) is 12.7. The number of nitrogens with zero attached hydrogens (tertiary/aromatic N) is 2. The Kier molecular flexibility index (Phi) is 5.16. The van der Waals surface area contributed by atoms with Crippen molar-refractivity contribution in [2.45, 2.75) is 26.4 Å². The predicted octanol–water partition coefficient (Wildman–Crippen LogP) is 4.09. The number of hydrogen-bond acceptors (Lipinski definition) is 4. The Labute approximate surface area is 130 Å². The molecule has 0 atom stereocenters. The van der Waals surface area contributed by atoms with E-state index in [0.717, 1.165) is 16.9 Å². The summed E-state index contributed by atoms with van der Waals surface area (Å²) in [5.74, 6) is 1.19. The highest BCUT2D eigenvalue weighted by molar-refractivity contribution is 6.12. The van der Waals surface area contributed by atoms with Gasteiger partial charge in [-0.05, 0) is 23.1 Å². The topological polar surface area (TPSA) is 65.6 Å². The van der Waals surface area contributed by atoms with Gasteiger partial charge in [-0.25, -0.2) is 0 Å². The van der Waals surface area contributed by atoms with Gasteiger partial charge in [-0.1, -0.05) is 61.5 Å². The van der Waals surface area contributed by atoms with Gasteiger partial charge >= 0.3 is 0 Å². The summed E-state index contributed by atoms with van der Waals surface area (Å²) >= 11 is 0. The van der Waals surface area contributed by atoms with Crippen LogP contribution in [0.4, 0.5) is 0 Å². The first-order chi connectivity index (χ1) is 10.7. The summed E-state index contributed by atoms with van der Waals surface area (Å²) in [4.78, 5) is 0. The molecule has 2 aromatic rings. The highest BCUT2D eigenvalue weighted by Gasteiger charge is 2.11. The van der Waals surface area contributed by atoms with Gasteiger partial charge in [0.2, 0.25) is 0 Å². The third-order valence-electron chi connectivity index (χ3n) is 3.40. The maximum Gasteiger partial charge on any atom is 0.187 e. The second-order valence-corrected chi connectivity index (χ2v) is 5.20. The number of oxime groups is 1. The molecule has 2 aromatic carbocycles. The van der Waals surface area contributed by atoms with E-state index in [2.05, 4.69) is 19.0 Å². The molecular formula is C18H18N2O2. The van der Waals surface area contributed by atoms with E-state index >= 15 is 0 Å². The van der Waals surface area contributed by atoms with Crippen LogP contribution in [-0.2, 0) is 6.61 Å². The fourth-order valence-corrected chi connectivity index (χ4v) is 2.26. The minimum Gasteiger partial charge on any atom is -0.489 e. The molecule has 0 heterocycles. The van der Waals surface area contributed by atoms with Crippen LogP contribution < -0.4 is 4.74 Å². The highest BCUT2D eigenvalue weighted by Crippen LogP contribution is 2.27. The van der Waals surface area contributed by atoms with Crippen LogP contribution in [0, 0.1) is 11.3 Å². The maximum atomic E-state index is 9.02. The Morgan fingerprint density at radius 2 is 1.86 bits per heavy atom. The number of ether oxygens (including phenoxy) is 1. The molecule has 0 aliphatic rings. The molecule has 0 saturated carbocycles. The molecule has 0 aliphatic heterocycles. The van der Waals surface area contributed by atoms with Crippen LogP contribution in [0.1, 0.15) is 36.5 Å². The fraction of sp³-hybridized carbons (Fsp3) is 0.222. The largest absolute Gasteiger partial charge is 0.489 e. The van der Waals surface area contributed by atoms with Gasteiger partial charge in [-0.15, -0.1) is 0 Å². The molecule has 22 heavy (non-hydrogen) atoms. The normalized spacial score (nSPS) is 11.3. The van der Waals surface area contributed by atoms with Crippen molar-refractivity contribution < 1.29 is 9.94 Å². The molecule has 0 amide bonds. The number of para-hydroxylation sites is 1. The molecule has 0 spiro atoms. The lowest BCUT2D eigenvalue weighted by Gasteiger charge is -2.15. The molecule has 0 fully saturated rings. The minimum atomic E-state index is -0.0173. The summed E-state index contributed by atoms with van der Waals surface area (Å²) in [5, 5.41) is 21.0. The lowest BCUT2D eigenvalue weighted by molar-refractivity contribution is 0.301. The molecule has 0 saturated heterocycles. The van der Waals surface area contributed by atoms with Crippen molar-refractivity contribution in [2.75, 3.05) is 0 Å². The van der Waals surface area contributed by atoms with Gasteiger partial charge in [0, 0.05) is 5.56 Å². The zero-order chi connectivity index (χ0) is 15.9. The van der Waals surface area contributed by atoms with Crippen molar-refractivity contribution in [1.29, 1.82) is 5.26 Å². The second-order valence-electron chi connectivity index (χ2n) is 5.20. The number of rotatable bonds is 5. The first-order valence-corrected chi connectivity index (χ1v) is 7.09. The van der Waals surface area contributed by atoms with Gasteiger partial charge < -0.3 is 9.94 Å². The van der Waals surface area contributed by atoms with Crippen molar-refractivity contribution in [3.05, 3.63) is 65.2 Å². The van der Waals surface area contributed by atoms with Gasteiger partial charge in [0.05, 0.1) is 0 Å². The van der Waals surface area contributed by atoms with E-state index in [-0.39, 0.29) is 5.71 Å². The smallest absolute Gasteiger partial charge is 0.187 e. The standard InChI is InChI=1S/C18H18N2O2/c1-13(2)15-8-5-6-10-18(15)22-12-14-7-3-4-9-16(14)17(11-19)20-21/h3-10,13,21H,12H2,1-2H3. The summed E-state index contributed by atoms with van der Waals surface area (Å²) in [7, 11) is 0. The second kappa shape index (κ2) is 7.28. The molecule has 0 unspecified atom stereocenters. The average Bonchev–Trinajstić information content (AvgIpc) is 2.55. The first kappa shape index (κ1) is 15.6. The van der Waals surface area contributed by atoms with Crippen LogP contribution in [0.25, 0.3) is 0 Å². The Balaban J connectivity index is 2.25. The Hall–Kier alpha value is -2.80. The van der Waals surface area contributed by atoms with E-state index in [0.29, 0.717) is 18.1 Å². The Morgan fingerprint density at radius 1 is 1.18 bits per heavy atom. The number of nitriles is 1. The van der Waals surface area contributed by atoms with Crippen molar-refractivity contribution in [2.24, 2.45) is 5.16 Å². The van der Waals surface area contributed by atoms with Crippen LogP contribution in [0.2, 0.25) is 0 Å². The van der Waals surface area contributed by atoms with Gasteiger partial charge in [0.1, 0.15) is 18.4 Å². The van der Waals surface area contributed by atoms with Crippen LogP contribution in [0.5, 0.6) is 5.75 Å². The molecule has 0 aromatic heterocycles. The molecule has 112 valence electrons. The lowest BCUT2D eigenvalue weighted by Crippen LogP contribution is -2.06. The fourth-order valence-electron chi connectivity index (χ4n) is 2.26. The molecule has 1 N–H and O–H groups in total. The third kappa shape index (κ3) is 3.44. The Morgan fingerprint density at radius 3 is 2.55 bits per heavy atom. The zero-order valence-corrected chi connectivity index (χ0v) is 12.7. The molecule has 0 aliphatic carbocycles. The quantitative estimate of drug-likeness (QED) is 0.513. The molecule has 0 radical (unpaired) electrons. The van der Waals surface area contributed by atoms with Crippen LogP contribution in [-0.4, -0.2) is 10.9 Å². The molecule has 4 heteroatoms. The monoisotopic (exact) mass is 294 g/mol. The highest BCUT2D eigenvalue weighted by atomic mass is 16.5. The van der Waals surface area contributed by atoms with Crippen molar-refractivity contribution in [3.8, 4) is 11.8 Å². The number of hydrogen-bond donors (Lipinski definition) is 1. The van der Waals surface area contributed by atoms with Crippen LogP contribution in [0.15, 0.2) is 53.7 Å². The van der Waals surface area contributed by atoms with Gasteiger partial charge in [-0.2, -0.15) is 5.26 Å². The summed E-state index contributed by atoms with van der Waals surface area (Å²) < 4.78 is 5.92. The van der Waals surface area contributed by atoms with E-state index in [1.54, 1.807) is 12.1 Å². The molecule has 2 rings (SSSR count). The van der Waals surface area contributed by atoms with Crippen molar-refractivity contribution in [3.63, 3.8) is 0 Å². The third-order valence-corrected chi connectivity index (χ3v) is 3.40. The van der Waals surface area contributed by atoms with Crippen LogP contribution in [0.3, 0.4) is 0 Å². The Bertz CT molecular complexity index is 715.